The molecule has 2 aliphatic heterocycles. The van der Waals surface area contributed by atoms with Crippen LogP contribution in [0.3, 0.4) is 0 Å². The third kappa shape index (κ3) is 4.52. The number of benzene rings is 2. The number of ether oxygens (including phenoxy) is 2. The average Bonchev–Trinajstić information content (AvgIpc) is 2.73. The van der Waals surface area contributed by atoms with Gasteiger partial charge in [-0.15, -0.1) is 11.8 Å². The summed E-state index contributed by atoms with van der Waals surface area (Å²) in [4.78, 5) is 15.6. The fourth-order valence-corrected chi connectivity index (χ4v) is 4.19. The van der Waals surface area contributed by atoms with Gasteiger partial charge in [0.05, 0.1) is 17.1 Å². The summed E-state index contributed by atoms with van der Waals surface area (Å²) in [7, 11) is 0. The van der Waals surface area contributed by atoms with Crippen molar-refractivity contribution in [2.24, 2.45) is 0 Å². The highest BCUT2D eigenvalue weighted by atomic mass is 32.2. The Hall–Kier alpha value is -2.41. The first-order valence-corrected chi connectivity index (χ1v) is 10.5. The van der Waals surface area contributed by atoms with Crippen LogP contribution in [-0.2, 0) is 4.79 Å². The monoisotopic (exact) mass is 402 g/mol. The first-order valence-electron chi connectivity index (χ1n) is 9.56. The summed E-state index contributed by atoms with van der Waals surface area (Å²) in [6.45, 7) is 2.94. The van der Waals surface area contributed by atoms with Crippen LogP contribution in [0.5, 0.6) is 11.5 Å². The Morgan fingerprint density at radius 2 is 1.82 bits per heavy atom. The lowest BCUT2D eigenvalue weighted by Crippen LogP contribution is -2.30. The molecule has 0 spiro atoms. The Morgan fingerprint density at radius 1 is 1.04 bits per heavy atom. The minimum atomic E-state index is -0.351. The largest absolute Gasteiger partial charge is 0.486 e. The number of nitrogens with one attached hydrogen (secondary N) is 1. The quantitative estimate of drug-likeness (QED) is 0.755. The second kappa shape index (κ2) is 8.73. The number of thioether (sulfide) groups is 1. The highest BCUT2D eigenvalue weighted by molar-refractivity contribution is 8.00. The maximum absolute atomic E-state index is 13.8. The van der Waals surface area contributed by atoms with Crippen LogP contribution in [0.4, 0.5) is 15.8 Å². The molecular weight excluding hydrogens is 379 g/mol. The number of hydrogen-bond acceptors (Lipinski definition) is 5. The number of fused-ring (bicyclic) bond motifs is 1. The summed E-state index contributed by atoms with van der Waals surface area (Å²) in [5.74, 6) is 1.15. The zero-order chi connectivity index (χ0) is 19.3. The molecule has 2 aromatic rings. The second-order valence-corrected chi connectivity index (χ2v) is 7.90. The molecule has 0 bridgehead atoms. The van der Waals surface area contributed by atoms with E-state index in [9.17, 15) is 9.18 Å². The summed E-state index contributed by atoms with van der Waals surface area (Å²) >= 11 is 1.41. The summed E-state index contributed by atoms with van der Waals surface area (Å²) in [6, 6.07) is 10.3. The van der Waals surface area contributed by atoms with E-state index in [0.717, 1.165) is 42.3 Å². The Kier molecular flexibility index (Phi) is 5.90. The van der Waals surface area contributed by atoms with Gasteiger partial charge in [0, 0.05) is 18.0 Å². The van der Waals surface area contributed by atoms with Crippen molar-refractivity contribution in [3.63, 3.8) is 0 Å². The molecule has 0 aliphatic carbocycles. The number of hydrogen-bond donors (Lipinski definition) is 1. The minimum absolute atomic E-state index is 0.163. The molecule has 0 atom stereocenters. The van der Waals surface area contributed by atoms with E-state index in [1.54, 1.807) is 6.07 Å². The SMILES string of the molecule is O=C(CSc1ccc2c(c1)OCCO2)Nc1cc(F)ccc1N1CCCCC1. The molecule has 28 heavy (non-hydrogen) atoms. The van der Waals surface area contributed by atoms with Gasteiger partial charge in [0.2, 0.25) is 5.91 Å². The third-order valence-corrected chi connectivity index (χ3v) is 5.81. The number of rotatable bonds is 5. The molecule has 1 saturated heterocycles. The van der Waals surface area contributed by atoms with Gasteiger partial charge in [0.1, 0.15) is 19.0 Å². The molecule has 2 aromatic carbocycles. The number of carbonyl (C=O) groups is 1. The lowest BCUT2D eigenvalue weighted by Gasteiger charge is -2.30. The van der Waals surface area contributed by atoms with Crippen molar-refractivity contribution in [3.8, 4) is 11.5 Å². The topological polar surface area (TPSA) is 50.8 Å². The van der Waals surface area contributed by atoms with Crippen molar-refractivity contribution in [2.75, 3.05) is 42.3 Å². The highest BCUT2D eigenvalue weighted by Crippen LogP contribution is 2.34. The molecule has 5 nitrogen and oxygen atoms in total. The van der Waals surface area contributed by atoms with Crippen LogP contribution in [0.1, 0.15) is 19.3 Å². The van der Waals surface area contributed by atoms with Crippen molar-refractivity contribution in [1.29, 1.82) is 0 Å². The Bertz CT molecular complexity index is 856. The zero-order valence-corrected chi connectivity index (χ0v) is 16.4. The predicted molar refractivity (Wildman–Crippen MR) is 109 cm³/mol. The molecule has 1 fully saturated rings. The van der Waals surface area contributed by atoms with Gasteiger partial charge in [-0.1, -0.05) is 0 Å². The normalized spacial score (nSPS) is 16.0. The van der Waals surface area contributed by atoms with Crippen LogP contribution in [0, 0.1) is 5.82 Å². The molecule has 0 saturated carbocycles. The van der Waals surface area contributed by atoms with E-state index < -0.39 is 0 Å². The number of piperidine rings is 1. The molecule has 148 valence electrons. The molecule has 0 aromatic heterocycles. The number of carbonyl (C=O) groups excluding carboxylic acids is 1. The van der Waals surface area contributed by atoms with Gasteiger partial charge in [-0.05, 0) is 55.7 Å². The fourth-order valence-electron chi connectivity index (χ4n) is 3.47. The van der Waals surface area contributed by atoms with E-state index in [1.165, 1.54) is 30.3 Å². The van der Waals surface area contributed by atoms with E-state index in [-0.39, 0.29) is 17.5 Å². The van der Waals surface area contributed by atoms with E-state index in [1.807, 2.05) is 18.2 Å². The van der Waals surface area contributed by atoms with Crippen LogP contribution >= 0.6 is 11.8 Å². The molecule has 2 aliphatic rings. The number of halogens is 1. The van der Waals surface area contributed by atoms with Gasteiger partial charge in [-0.2, -0.15) is 0 Å². The van der Waals surface area contributed by atoms with Crippen LogP contribution in [0.2, 0.25) is 0 Å². The predicted octanol–water partition coefficient (Wildman–Crippen LogP) is 4.32. The maximum Gasteiger partial charge on any atom is 0.234 e. The standard InChI is InChI=1S/C21H23FN2O3S/c22-15-4-6-18(24-8-2-1-3-9-24)17(12-15)23-21(25)14-28-16-5-7-19-20(13-16)27-11-10-26-19/h4-7,12-13H,1-3,8-11,14H2,(H,23,25). The van der Waals surface area contributed by atoms with E-state index in [2.05, 4.69) is 10.2 Å². The van der Waals surface area contributed by atoms with Crippen molar-refractivity contribution in [1.82, 2.24) is 0 Å². The summed E-state index contributed by atoms with van der Waals surface area (Å²) in [6.07, 6.45) is 3.45. The van der Waals surface area contributed by atoms with Gasteiger partial charge in [-0.25, -0.2) is 4.39 Å². The van der Waals surface area contributed by atoms with Crippen molar-refractivity contribution < 1.29 is 18.7 Å². The first kappa shape index (κ1) is 18.9. The Labute approximate surface area is 168 Å². The van der Waals surface area contributed by atoms with Crippen LogP contribution in [0.15, 0.2) is 41.3 Å². The zero-order valence-electron chi connectivity index (χ0n) is 15.6. The summed E-state index contributed by atoms with van der Waals surface area (Å²) in [5.41, 5.74) is 1.42. The second-order valence-electron chi connectivity index (χ2n) is 6.85. The van der Waals surface area contributed by atoms with Crippen molar-refractivity contribution >= 4 is 29.0 Å². The average molecular weight is 402 g/mol. The Balaban J connectivity index is 1.40. The lowest BCUT2D eigenvalue weighted by atomic mass is 10.1. The minimum Gasteiger partial charge on any atom is -0.486 e. The van der Waals surface area contributed by atoms with Gasteiger partial charge in [0.25, 0.3) is 0 Å². The Morgan fingerprint density at radius 3 is 2.64 bits per heavy atom. The fraction of sp³-hybridized carbons (Fsp3) is 0.381. The molecule has 1 amide bonds. The number of nitrogens with zero attached hydrogens (tertiary/aromatic N) is 1. The molecule has 7 heteroatoms. The van der Waals surface area contributed by atoms with Gasteiger partial charge in [0.15, 0.2) is 11.5 Å². The number of anilines is 2. The molecule has 2 heterocycles. The molecule has 0 unspecified atom stereocenters. The van der Waals surface area contributed by atoms with E-state index in [0.29, 0.717) is 24.7 Å². The molecule has 1 N–H and O–H groups in total. The molecule has 4 rings (SSSR count). The number of amides is 1. The van der Waals surface area contributed by atoms with Crippen molar-refractivity contribution in [2.45, 2.75) is 24.2 Å². The molecule has 0 radical (unpaired) electrons. The first-order chi connectivity index (χ1) is 13.7. The van der Waals surface area contributed by atoms with Gasteiger partial charge >= 0.3 is 0 Å². The van der Waals surface area contributed by atoms with Crippen molar-refractivity contribution in [3.05, 3.63) is 42.2 Å². The summed E-state index contributed by atoms with van der Waals surface area (Å²) in [5, 5.41) is 2.88. The third-order valence-electron chi connectivity index (χ3n) is 4.81. The smallest absolute Gasteiger partial charge is 0.234 e. The highest BCUT2D eigenvalue weighted by Gasteiger charge is 2.17. The lowest BCUT2D eigenvalue weighted by molar-refractivity contribution is -0.113. The van der Waals surface area contributed by atoms with Crippen LogP contribution < -0.4 is 19.7 Å². The van der Waals surface area contributed by atoms with Crippen LogP contribution in [-0.4, -0.2) is 38.0 Å². The molecular formula is C21H23FN2O3S. The maximum atomic E-state index is 13.8. The van der Waals surface area contributed by atoms with E-state index >= 15 is 0 Å². The van der Waals surface area contributed by atoms with Gasteiger partial charge < -0.3 is 19.7 Å². The van der Waals surface area contributed by atoms with E-state index in [4.69, 9.17) is 9.47 Å². The van der Waals surface area contributed by atoms with Crippen LogP contribution in [0.25, 0.3) is 0 Å². The summed E-state index contributed by atoms with van der Waals surface area (Å²) < 4.78 is 24.9. The van der Waals surface area contributed by atoms with Gasteiger partial charge in [-0.3, -0.25) is 4.79 Å².